The van der Waals surface area contributed by atoms with Gasteiger partial charge in [-0.2, -0.15) is 0 Å². The average Bonchev–Trinajstić information content (AvgIpc) is 3.25. The Morgan fingerprint density at radius 3 is 2.18 bits per heavy atom. The van der Waals surface area contributed by atoms with Crippen LogP contribution in [0.25, 0.3) is 0 Å². The van der Waals surface area contributed by atoms with E-state index >= 15 is 0 Å². The summed E-state index contributed by atoms with van der Waals surface area (Å²) in [6.45, 7) is 3.87. The number of carbonyl (C=O) groups excluding carboxylic acids is 3. The van der Waals surface area contributed by atoms with Gasteiger partial charge in [-0.3, -0.25) is 14.4 Å². The number of hydrogen-bond donors (Lipinski definition) is 5. The fourth-order valence-corrected chi connectivity index (χ4v) is 4.25. The van der Waals surface area contributed by atoms with Gasteiger partial charge in [0.15, 0.2) is 5.78 Å². The second-order valence-corrected chi connectivity index (χ2v) is 9.61. The predicted molar refractivity (Wildman–Crippen MR) is 129 cm³/mol. The van der Waals surface area contributed by atoms with Crippen molar-refractivity contribution < 1.29 is 24.4 Å². The van der Waals surface area contributed by atoms with E-state index in [1.165, 1.54) is 12.8 Å². The molecule has 1 aliphatic rings. The van der Waals surface area contributed by atoms with Crippen LogP contribution in [0.2, 0.25) is 0 Å². The molecule has 5 N–H and O–H groups in total. The maximum absolute atomic E-state index is 13.0. The summed E-state index contributed by atoms with van der Waals surface area (Å²) >= 11 is 0. The highest BCUT2D eigenvalue weighted by Gasteiger charge is 2.30. The Labute approximate surface area is 197 Å². The number of rotatable bonds is 5. The maximum Gasteiger partial charge on any atom is 0.475 e. The van der Waals surface area contributed by atoms with Crippen molar-refractivity contribution in [3.05, 3.63) is 23.5 Å². The number of amides is 2. The van der Waals surface area contributed by atoms with E-state index in [4.69, 9.17) is 0 Å². The van der Waals surface area contributed by atoms with Crippen LogP contribution in [0.1, 0.15) is 112 Å². The third-order valence-corrected chi connectivity index (χ3v) is 6.16. The molecule has 184 valence electrons. The summed E-state index contributed by atoms with van der Waals surface area (Å²) < 4.78 is 0. The smallest absolute Gasteiger partial charge is 0.426 e. The van der Waals surface area contributed by atoms with E-state index in [1.54, 1.807) is 12.1 Å². The second kappa shape index (κ2) is 14.2. The molecule has 2 bridgehead atoms. The Morgan fingerprint density at radius 2 is 1.58 bits per heavy atom. The Morgan fingerprint density at radius 1 is 1.00 bits per heavy atom. The monoisotopic (exact) mass is 461 g/mol. The van der Waals surface area contributed by atoms with Gasteiger partial charge in [-0.05, 0) is 37.3 Å². The highest BCUT2D eigenvalue weighted by molar-refractivity contribution is 6.43. The minimum atomic E-state index is -1.68. The summed E-state index contributed by atoms with van der Waals surface area (Å²) in [4.78, 5) is 41.1. The van der Waals surface area contributed by atoms with E-state index in [1.807, 2.05) is 13.8 Å². The Bertz CT molecular complexity index is 765. The van der Waals surface area contributed by atoms with Crippen molar-refractivity contribution >= 4 is 24.7 Å². The maximum atomic E-state index is 13.0. The van der Waals surface area contributed by atoms with Gasteiger partial charge < -0.3 is 25.7 Å². The lowest BCUT2D eigenvalue weighted by molar-refractivity contribution is -0.123. The molecule has 9 heteroatoms. The SMILES string of the molecule is CC(C)C[C@H](NC(=O)[C@@H]1CCCCCCCCCCCC(=O)c2ccc([nH]2)C(=O)N1)B(O)O. The molecule has 1 aromatic rings. The van der Waals surface area contributed by atoms with Crippen molar-refractivity contribution in [2.24, 2.45) is 5.92 Å². The topological polar surface area (TPSA) is 132 Å². The van der Waals surface area contributed by atoms with Crippen molar-refractivity contribution in [3.8, 4) is 0 Å². The number of fused-ring (bicyclic) bond motifs is 2. The van der Waals surface area contributed by atoms with Gasteiger partial charge in [0, 0.05) is 6.42 Å². The zero-order valence-electron chi connectivity index (χ0n) is 20.1. The van der Waals surface area contributed by atoms with E-state index in [0.717, 1.165) is 44.9 Å². The molecule has 1 aliphatic heterocycles. The lowest BCUT2D eigenvalue weighted by atomic mass is 9.75. The number of aromatic amines is 1. The minimum Gasteiger partial charge on any atom is -0.426 e. The summed E-state index contributed by atoms with van der Waals surface area (Å²) in [5, 5.41) is 24.8. The highest BCUT2D eigenvalue weighted by Crippen LogP contribution is 2.15. The molecule has 2 atom stereocenters. The standard InChI is InChI=1S/C24H40BN3O5/c1-17(2)16-22(25(32)33)28-24(31)19-12-10-8-6-4-3-5-7-9-11-13-21(29)18-14-15-20(26-18)23(30)27-19/h14-15,17,19,22,26,32-33H,3-13,16H2,1-2H3,(H,27,30)(H,28,31)/t19-,22-/m0/s1. The highest BCUT2D eigenvalue weighted by atomic mass is 16.4. The zero-order chi connectivity index (χ0) is 24.2. The molecule has 1 aromatic heterocycles. The average molecular weight is 461 g/mol. The van der Waals surface area contributed by atoms with Crippen molar-refractivity contribution in [2.75, 3.05) is 0 Å². The van der Waals surface area contributed by atoms with Crippen LogP contribution in [0.15, 0.2) is 12.1 Å². The Balaban J connectivity index is 2.12. The first-order valence-corrected chi connectivity index (χ1v) is 12.5. The number of aromatic nitrogens is 1. The number of nitrogens with one attached hydrogen (secondary N) is 3. The van der Waals surface area contributed by atoms with Crippen LogP contribution in [0.3, 0.4) is 0 Å². The summed E-state index contributed by atoms with van der Waals surface area (Å²) in [6.07, 6.45) is 10.6. The molecule has 8 nitrogen and oxygen atoms in total. The first-order chi connectivity index (χ1) is 15.8. The van der Waals surface area contributed by atoms with Crippen LogP contribution in [-0.2, 0) is 4.79 Å². The number of carbonyl (C=O) groups is 3. The van der Waals surface area contributed by atoms with Crippen molar-refractivity contribution in [2.45, 2.75) is 103 Å². The summed E-state index contributed by atoms with van der Waals surface area (Å²) in [7, 11) is -1.68. The molecule has 33 heavy (non-hydrogen) atoms. The van der Waals surface area contributed by atoms with Crippen molar-refractivity contribution in [3.63, 3.8) is 0 Å². The third kappa shape index (κ3) is 9.72. The van der Waals surface area contributed by atoms with Gasteiger partial charge in [-0.25, -0.2) is 0 Å². The second-order valence-electron chi connectivity index (χ2n) is 9.61. The molecule has 0 saturated carbocycles. The molecule has 2 rings (SSSR count). The molecule has 2 amide bonds. The molecule has 0 spiro atoms. The fourth-order valence-electron chi connectivity index (χ4n) is 4.25. The largest absolute Gasteiger partial charge is 0.475 e. The normalized spacial score (nSPS) is 20.5. The van der Waals surface area contributed by atoms with Gasteiger partial charge in [0.2, 0.25) is 5.91 Å². The lowest BCUT2D eigenvalue weighted by Crippen LogP contribution is -2.54. The first kappa shape index (κ1) is 27.1. The fraction of sp³-hybridized carbons (Fsp3) is 0.708. The molecule has 2 heterocycles. The van der Waals surface area contributed by atoms with Crippen LogP contribution >= 0.6 is 0 Å². The van der Waals surface area contributed by atoms with Gasteiger partial charge in [-0.1, -0.05) is 65.2 Å². The van der Waals surface area contributed by atoms with Crippen LogP contribution in [-0.4, -0.2) is 51.7 Å². The van der Waals surface area contributed by atoms with Crippen LogP contribution in [0.5, 0.6) is 0 Å². The molecule has 0 unspecified atom stereocenters. The van der Waals surface area contributed by atoms with Gasteiger partial charge >= 0.3 is 7.12 Å². The van der Waals surface area contributed by atoms with Crippen molar-refractivity contribution in [1.82, 2.24) is 15.6 Å². The number of H-pyrrole nitrogens is 1. The predicted octanol–water partition coefficient (Wildman–Crippen LogP) is 3.14. The Hall–Kier alpha value is -2.13. The number of hydrogen-bond acceptors (Lipinski definition) is 5. The summed E-state index contributed by atoms with van der Waals surface area (Å²) in [5.41, 5.74) is 0.640. The molecule has 0 fully saturated rings. The molecule has 0 saturated heterocycles. The Kier molecular flexibility index (Phi) is 11.7. The molecular weight excluding hydrogens is 421 g/mol. The van der Waals surface area contributed by atoms with E-state index in [2.05, 4.69) is 15.6 Å². The minimum absolute atomic E-state index is 0.0158. The lowest BCUT2D eigenvalue weighted by Gasteiger charge is -2.24. The van der Waals surface area contributed by atoms with E-state index < -0.39 is 30.9 Å². The molecule has 0 radical (unpaired) electrons. The molecule has 0 aliphatic carbocycles. The van der Waals surface area contributed by atoms with Gasteiger partial charge in [0.25, 0.3) is 5.91 Å². The number of Topliss-reactive ketones (excluding diaryl/α,β-unsaturated/α-hetero) is 1. The quantitative estimate of drug-likeness (QED) is 0.430. The van der Waals surface area contributed by atoms with E-state index in [0.29, 0.717) is 25.0 Å². The third-order valence-electron chi connectivity index (χ3n) is 6.16. The van der Waals surface area contributed by atoms with E-state index in [9.17, 15) is 24.4 Å². The molecular formula is C24H40BN3O5. The summed E-state index contributed by atoms with van der Waals surface area (Å²) in [5.74, 6) is -1.55. The van der Waals surface area contributed by atoms with Crippen molar-refractivity contribution in [1.29, 1.82) is 0 Å². The number of ketones is 1. The van der Waals surface area contributed by atoms with Gasteiger partial charge in [0.05, 0.1) is 11.6 Å². The van der Waals surface area contributed by atoms with Gasteiger partial charge in [0.1, 0.15) is 11.7 Å². The first-order valence-electron chi connectivity index (χ1n) is 12.5. The van der Waals surface area contributed by atoms with Gasteiger partial charge in [-0.15, -0.1) is 0 Å². The van der Waals surface area contributed by atoms with Crippen LogP contribution in [0.4, 0.5) is 0 Å². The summed E-state index contributed by atoms with van der Waals surface area (Å²) in [6, 6.07) is 2.37. The van der Waals surface area contributed by atoms with E-state index in [-0.39, 0.29) is 17.4 Å². The molecule has 0 aromatic carbocycles. The van der Waals surface area contributed by atoms with Crippen LogP contribution in [0, 0.1) is 5.92 Å². The zero-order valence-corrected chi connectivity index (χ0v) is 20.1. The van der Waals surface area contributed by atoms with Crippen LogP contribution < -0.4 is 10.6 Å².